The summed E-state index contributed by atoms with van der Waals surface area (Å²) in [5.74, 6) is -1.21. The molecule has 2 unspecified atom stereocenters. The van der Waals surface area contributed by atoms with E-state index in [2.05, 4.69) is 44.8 Å². The van der Waals surface area contributed by atoms with Crippen LogP contribution in [-0.2, 0) is 27.2 Å². The minimum Gasteiger partial charge on any atom is -0.481 e. The summed E-state index contributed by atoms with van der Waals surface area (Å²) in [6.45, 7) is 11.5. The van der Waals surface area contributed by atoms with Crippen LogP contribution in [0.2, 0.25) is 0 Å². The Balaban J connectivity index is 0.000000608. The van der Waals surface area contributed by atoms with Crippen LogP contribution in [0.1, 0.15) is 73.7 Å². The van der Waals surface area contributed by atoms with Crippen molar-refractivity contribution in [3.05, 3.63) is 106 Å². The van der Waals surface area contributed by atoms with Crippen LogP contribution in [0, 0.1) is 19.7 Å². The Labute approximate surface area is 290 Å². The van der Waals surface area contributed by atoms with E-state index in [-0.39, 0.29) is 17.6 Å². The molecule has 0 spiro atoms. The number of carboxylic acids is 1. The number of nitrogens with zero attached hydrogens (tertiary/aromatic N) is 3. The highest BCUT2D eigenvalue weighted by Gasteiger charge is 2.31. The van der Waals surface area contributed by atoms with E-state index in [0.717, 1.165) is 28.2 Å². The molecule has 11 nitrogen and oxygen atoms in total. The summed E-state index contributed by atoms with van der Waals surface area (Å²) in [6.07, 6.45) is 0.356. The van der Waals surface area contributed by atoms with Crippen LogP contribution in [0.15, 0.2) is 66.7 Å². The van der Waals surface area contributed by atoms with Crippen LogP contribution in [0.25, 0.3) is 0 Å². The van der Waals surface area contributed by atoms with Crippen LogP contribution in [0.4, 0.5) is 26.6 Å². The summed E-state index contributed by atoms with van der Waals surface area (Å²) in [4.78, 5) is 48.1. The molecule has 0 radical (unpaired) electrons. The Morgan fingerprint density at radius 3 is 2.30 bits per heavy atom. The van der Waals surface area contributed by atoms with E-state index in [1.807, 2.05) is 26.8 Å². The van der Waals surface area contributed by atoms with Gasteiger partial charge in [0.05, 0.1) is 12.5 Å². The number of anilines is 3. The molecule has 4 aromatic rings. The van der Waals surface area contributed by atoms with Crippen molar-refractivity contribution in [3.8, 4) is 5.75 Å². The van der Waals surface area contributed by atoms with Crippen molar-refractivity contribution in [1.29, 1.82) is 0 Å². The highest BCUT2D eigenvalue weighted by molar-refractivity contribution is 5.87. The van der Waals surface area contributed by atoms with Gasteiger partial charge in [-0.05, 0) is 113 Å². The topological polar surface area (TPSA) is 143 Å². The van der Waals surface area contributed by atoms with Gasteiger partial charge in [-0.3, -0.25) is 4.79 Å². The third-order valence-corrected chi connectivity index (χ3v) is 8.34. The number of benzene rings is 3. The van der Waals surface area contributed by atoms with Gasteiger partial charge < -0.3 is 30.1 Å². The van der Waals surface area contributed by atoms with Crippen molar-refractivity contribution in [2.75, 3.05) is 16.8 Å². The van der Waals surface area contributed by atoms with Crippen molar-refractivity contribution in [2.45, 2.75) is 78.5 Å². The monoisotopic (exact) mass is 683 g/mol. The molecule has 0 saturated carbocycles. The van der Waals surface area contributed by atoms with Crippen LogP contribution in [0.5, 0.6) is 5.75 Å². The summed E-state index contributed by atoms with van der Waals surface area (Å²) in [6, 6.07) is 18.1. The molecule has 1 aliphatic carbocycles. The third kappa shape index (κ3) is 9.34. The van der Waals surface area contributed by atoms with Crippen molar-refractivity contribution >= 4 is 35.5 Å². The quantitative estimate of drug-likeness (QED) is 0.116. The Bertz CT molecular complexity index is 1870. The average molecular weight is 684 g/mol. The highest BCUT2D eigenvalue weighted by atomic mass is 19.1. The summed E-state index contributed by atoms with van der Waals surface area (Å²) < 4.78 is 24.1. The lowest BCUT2D eigenvalue weighted by Crippen LogP contribution is -2.46. The molecule has 0 fully saturated rings. The summed E-state index contributed by atoms with van der Waals surface area (Å²) in [5.41, 5.74) is 6.57. The fourth-order valence-corrected chi connectivity index (χ4v) is 5.60. The number of alkyl carbamates (subject to hydrolysis) is 1. The molecule has 3 aromatic carbocycles. The maximum Gasteiger partial charge on any atom is 0.408 e. The molecule has 1 amide bonds. The molecule has 6 rings (SSSR count). The molecular weight excluding hydrogens is 641 g/mol. The molecule has 262 valence electrons. The fraction of sp³-hybridized carbons (Fsp3) is 0.342. The average Bonchev–Trinajstić information content (AvgIpc) is 3.83. The van der Waals surface area contributed by atoms with Crippen LogP contribution < -0.4 is 20.3 Å². The van der Waals surface area contributed by atoms with Gasteiger partial charge >= 0.3 is 18.0 Å². The second-order valence-electron chi connectivity index (χ2n) is 13.4. The number of nitrogens with one attached hydrogen (secondary N) is 2. The van der Waals surface area contributed by atoms with Gasteiger partial charge in [-0.1, -0.05) is 30.3 Å². The zero-order valence-electron chi connectivity index (χ0n) is 29.0. The zero-order chi connectivity index (χ0) is 36.2. The largest absolute Gasteiger partial charge is 0.481 e. The van der Waals surface area contributed by atoms with Gasteiger partial charge in [-0.25, -0.2) is 19.0 Å². The van der Waals surface area contributed by atoms with E-state index >= 15 is 0 Å². The van der Waals surface area contributed by atoms with E-state index in [1.54, 1.807) is 45.0 Å². The number of carbonyl (C=O) groups excluding carboxylic acids is 2. The van der Waals surface area contributed by atoms with Gasteiger partial charge in [0.2, 0.25) is 5.95 Å². The highest BCUT2D eigenvalue weighted by Crippen LogP contribution is 2.37. The lowest BCUT2D eigenvalue weighted by atomic mass is 9.93. The van der Waals surface area contributed by atoms with Crippen LogP contribution in [-0.4, -0.2) is 51.3 Å². The minimum absolute atomic E-state index is 0.163. The standard InChI is InChI=1S/C31H36FN5O6.C7H6/c1-17-18(2)33-29(34-22-10-8-21(32)9-11-22)36-27(17)37-14-13-20-7-12-23(15-24(20)19(37)3)42-28(40)25(16-26(38)39)35-30(41)43-31(4,5)6;1-2-4-7-5-6(7)3-1/h7-12,15,19,25H,13-14,16H2,1-6H3,(H,35,41)(H,38,39)(H,33,34,36);1-4H,5H2. The number of amides is 1. The number of carbonyl (C=O) groups is 3. The lowest BCUT2D eigenvalue weighted by molar-refractivity contribution is -0.144. The van der Waals surface area contributed by atoms with E-state index < -0.39 is 36.1 Å². The molecule has 3 N–H and O–H groups in total. The van der Waals surface area contributed by atoms with E-state index in [9.17, 15) is 23.9 Å². The SMILES string of the molecule is Cc1nc(Nc2ccc(F)cc2)nc(N2CCc3ccc(OC(=O)C(CC(=O)O)NC(=O)OC(C)(C)C)cc3C2C)c1C.c1ccc2c(c1)C2. The number of aromatic nitrogens is 2. The summed E-state index contributed by atoms with van der Waals surface area (Å²) in [5, 5.41) is 14.7. The van der Waals surface area contributed by atoms with Gasteiger partial charge in [0, 0.05) is 23.5 Å². The normalized spacial score (nSPS) is 14.9. The zero-order valence-corrected chi connectivity index (χ0v) is 29.0. The van der Waals surface area contributed by atoms with Gasteiger partial charge in [0.1, 0.15) is 29.0 Å². The van der Waals surface area contributed by atoms with Crippen molar-refractivity contribution in [3.63, 3.8) is 0 Å². The molecule has 0 saturated heterocycles. The second kappa shape index (κ2) is 14.9. The number of ether oxygens (including phenoxy) is 2. The first-order chi connectivity index (χ1) is 23.7. The molecule has 2 heterocycles. The van der Waals surface area contributed by atoms with Crippen molar-refractivity contribution in [2.24, 2.45) is 0 Å². The smallest absolute Gasteiger partial charge is 0.408 e. The number of halogens is 1. The molecule has 2 atom stereocenters. The lowest BCUT2D eigenvalue weighted by Gasteiger charge is -2.37. The molecule has 0 bridgehead atoms. The maximum absolute atomic E-state index is 13.4. The molecule has 2 aliphatic rings. The maximum atomic E-state index is 13.4. The van der Waals surface area contributed by atoms with Gasteiger partial charge in [0.25, 0.3) is 0 Å². The third-order valence-electron chi connectivity index (χ3n) is 8.34. The minimum atomic E-state index is -1.45. The fourth-order valence-electron chi connectivity index (χ4n) is 5.60. The number of hydrogen-bond donors (Lipinski definition) is 3. The first-order valence-electron chi connectivity index (χ1n) is 16.4. The first-order valence-corrected chi connectivity index (χ1v) is 16.4. The van der Waals surface area contributed by atoms with Gasteiger partial charge in [0.15, 0.2) is 0 Å². The number of aryl methyl sites for hydroxylation is 1. The number of esters is 1. The van der Waals surface area contributed by atoms with E-state index in [0.29, 0.717) is 24.6 Å². The second-order valence-corrected chi connectivity index (χ2v) is 13.4. The summed E-state index contributed by atoms with van der Waals surface area (Å²) >= 11 is 0. The Hall–Kier alpha value is -5.52. The predicted octanol–water partition coefficient (Wildman–Crippen LogP) is 6.96. The Morgan fingerprint density at radius 1 is 1.00 bits per heavy atom. The Kier molecular flexibility index (Phi) is 10.7. The summed E-state index contributed by atoms with van der Waals surface area (Å²) in [7, 11) is 0. The van der Waals surface area contributed by atoms with E-state index in [1.165, 1.54) is 29.7 Å². The van der Waals surface area contributed by atoms with Crippen LogP contribution >= 0.6 is 0 Å². The van der Waals surface area contributed by atoms with Crippen LogP contribution in [0.3, 0.4) is 0 Å². The van der Waals surface area contributed by atoms with Crippen molar-refractivity contribution in [1.82, 2.24) is 15.3 Å². The number of aliphatic carboxylic acids is 1. The number of rotatable bonds is 8. The van der Waals surface area contributed by atoms with E-state index in [4.69, 9.17) is 14.5 Å². The molecule has 12 heteroatoms. The van der Waals surface area contributed by atoms with Gasteiger partial charge in [-0.15, -0.1) is 0 Å². The van der Waals surface area contributed by atoms with Crippen molar-refractivity contribution < 1.29 is 33.4 Å². The molecular formula is C38H42FN5O6. The molecule has 1 aliphatic heterocycles. The number of fused-ring (bicyclic) bond motifs is 2. The number of carboxylic acid groups (broad SMARTS) is 1. The first kappa shape index (κ1) is 35.8. The molecule has 1 aromatic heterocycles. The Morgan fingerprint density at radius 2 is 1.68 bits per heavy atom. The van der Waals surface area contributed by atoms with Gasteiger partial charge in [-0.2, -0.15) is 4.98 Å². The predicted molar refractivity (Wildman–Crippen MR) is 187 cm³/mol. The number of hydrogen-bond acceptors (Lipinski definition) is 9. The molecule has 50 heavy (non-hydrogen) atoms.